The molecule has 1 atom stereocenters. The van der Waals surface area contributed by atoms with Gasteiger partial charge in [-0.1, -0.05) is 18.2 Å². The van der Waals surface area contributed by atoms with Gasteiger partial charge in [0.2, 0.25) is 0 Å². The minimum atomic E-state index is -4.40. The van der Waals surface area contributed by atoms with Gasteiger partial charge in [0.15, 0.2) is 14.9 Å². The van der Waals surface area contributed by atoms with Crippen LogP contribution in [-0.4, -0.2) is 31.4 Å². The molecular weight excluding hydrogens is 379 g/mol. The monoisotopic (exact) mass is 397 g/mol. The molecule has 0 spiro atoms. The van der Waals surface area contributed by atoms with E-state index < -0.39 is 21.6 Å². The second kappa shape index (κ2) is 7.09. The molecule has 0 saturated heterocycles. The third kappa shape index (κ3) is 4.22. The van der Waals surface area contributed by atoms with Gasteiger partial charge >= 0.3 is 6.18 Å². The molecule has 0 aliphatic heterocycles. The number of pyridine rings is 1. The quantitative estimate of drug-likeness (QED) is 0.852. The van der Waals surface area contributed by atoms with E-state index >= 15 is 0 Å². The highest BCUT2D eigenvalue weighted by atomic mass is 32.2. The highest BCUT2D eigenvalue weighted by Crippen LogP contribution is 2.43. The molecular formula is C19H18F3NO3S. The SMILES string of the molecule is CS(=O)(=O)c1ccc(C2=C(c3ccc(C(F)(F)F)cc3)CC(CO)C2)cn1. The molecule has 0 amide bonds. The van der Waals surface area contributed by atoms with Crippen molar-refractivity contribution in [2.75, 3.05) is 12.9 Å². The van der Waals surface area contributed by atoms with Gasteiger partial charge in [0.05, 0.1) is 5.56 Å². The summed E-state index contributed by atoms with van der Waals surface area (Å²) in [5, 5.41) is 9.48. The minimum Gasteiger partial charge on any atom is -0.396 e. The van der Waals surface area contributed by atoms with E-state index in [2.05, 4.69) is 4.98 Å². The van der Waals surface area contributed by atoms with Crippen molar-refractivity contribution in [1.82, 2.24) is 4.98 Å². The van der Waals surface area contributed by atoms with Crippen molar-refractivity contribution in [2.45, 2.75) is 24.0 Å². The van der Waals surface area contributed by atoms with Crippen molar-refractivity contribution >= 4 is 21.0 Å². The van der Waals surface area contributed by atoms with Gasteiger partial charge in [-0.15, -0.1) is 0 Å². The lowest BCUT2D eigenvalue weighted by Gasteiger charge is -2.11. The van der Waals surface area contributed by atoms with E-state index in [4.69, 9.17) is 0 Å². The molecule has 2 aromatic rings. The molecule has 1 aromatic heterocycles. The first-order valence-corrected chi connectivity index (χ1v) is 10.2. The minimum absolute atomic E-state index is 0.0353. The van der Waals surface area contributed by atoms with Crippen LogP contribution in [0, 0.1) is 5.92 Å². The summed E-state index contributed by atoms with van der Waals surface area (Å²) in [6, 6.07) is 7.98. The Labute approximate surface area is 155 Å². The third-order valence-corrected chi connectivity index (χ3v) is 5.63. The number of aliphatic hydroxyl groups is 1. The Hall–Kier alpha value is -2.19. The van der Waals surface area contributed by atoms with Gasteiger partial charge in [0.1, 0.15) is 0 Å². The molecule has 0 fully saturated rings. The Morgan fingerprint density at radius 3 is 2.04 bits per heavy atom. The number of nitrogens with zero attached hydrogens (tertiary/aromatic N) is 1. The summed E-state index contributed by atoms with van der Waals surface area (Å²) in [6.45, 7) is -0.0392. The zero-order valence-corrected chi connectivity index (χ0v) is 15.3. The van der Waals surface area contributed by atoms with E-state index in [9.17, 15) is 26.7 Å². The van der Waals surface area contributed by atoms with E-state index in [0.717, 1.165) is 29.5 Å². The van der Waals surface area contributed by atoms with Crippen LogP contribution in [-0.2, 0) is 16.0 Å². The lowest BCUT2D eigenvalue weighted by atomic mass is 9.97. The number of hydrogen-bond donors (Lipinski definition) is 1. The fourth-order valence-corrected chi connectivity index (χ4v) is 3.81. The summed E-state index contributed by atoms with van der Waals surface area (Å²) in [4.78, 5) is 3.99. The maximum Gasteiger partial charge on any atom is 0.416 e. The molecule has 1 aliphatic carbocycles. The zero-order chi connectivity index (χ0) is 19.8. The predicted octanol–water partition coefficient (Wildman–Crippen LogP) is 3.82. The van der Waals surface area contributed by atoms with Crippen molar-refractivity contribution in [1.29, 1.82) is 0 Å². The standard InChI is InChI=1S/C19H18F3NO3S/c1-27(25,26)18-7-4-14(10-23-18)17-9-12(11-24)8-16(17)13-2-5-15(6-3-13)19(20,21)22/h2-7,10,12,24H,8-9,11H2,1H3. The summed E-state index contributed by atoms with van der Waals surface area (Å²) in [5.74, 6) is -0.0353. The van der Waals surface area contributed by atoms with E-state index in [1.807, 2.05) is 0 Å². The summed E-state index contributed by atoms with van der Waals surface area (Å²) >= 11 is 0. The molecule has 1 aliphatic rings. The van der Waals surface area contributed by atoms with E-state index in [1.54, 1.807) is 6.07 Å². The summed E-state index contributed by atoms with van der Waals surface area (Å²) < 4.78 is 61.5. The van der Waals surface area contributed by atoms with Gasteiger partial charge in [0, 0.05) is 19.1 Å². The topological polar surface area (TPSA) is 67.3 Å². The van der Waals surface area contributed by atoms with Crippen molar-refractivity contribution in [3.05, 3.63) is 59.3 Å². The van der Waals surface area contributed by atoms with Crippen LogP contribution in [0.2, 0.25) is 0 Å². The fourth-order valence-electron chi connectivity index (χ4n) is 3.25. The first-order valence-electron chi connectivity index (χ1n) is 8.26. The van der Waals surface area contributed by atoms with Gasteiger partial charge in [-0.25, -0.2) is 13.4 Å². The van der Waals surface area contributed by atoms with Crippen LogP contribution in [0.3, 0.4) is 0 Å². The van der Waals surface area contributed by atoms with Crippen molar-refractivity contribution in [2.24, 2.45) is 5.92 Å². The van der Waals surface area contributed by atoms with Crippen LogP contribution in [0.5, 0.6) is 0 Å². The number of aliphatic hydroxyl groups excluding tert-OH is 1. The lowest BCUT2D eigenvalue weighted by molar-refractivity contribution is -0.137. The number of rotatable bonds is 4. The maximum atomic E-state index is 12.8. The van der Waals surface area contributed by atoms with Crippen molar-refractivity contribution in [3.8, 4) is 0 Å². The molecule has 1 N–H and O–H groups in total. The molecule has 4 nitrogen and oxygen atoms in total. The molecule has 3 rings (SSSR count). The van der Waals surface area contributed by atoms with Gasteiger partial charge in [-0.05, 0) is 59.2 Å². The van der Waals surface area contributed by atoms with Gasteiger partial charge in [-0.3, -0.25) is 0 Å². The van der Waals surface area contributed by atoms with Crippen LogP contribution >= 0.6 is 0 Å². The Morgan fingerprint density at radius 2 is 1.59 bits per heavy atom. The predicted molar refractivity (Wildman–Crippen MR) is 95.4 cm³/mol. The largest absolute Gasteiger partial charge is 0.416 e. The van der Waals surface area contributed by atoms with E-state index in [1.165, 1.54) is 24.4 Å². The molecule has 144 valence electrons. The molecule has 1 heterocycles. The van der Waals surface area contributed by atoms with Crippen LogP contribution < -0.4 is 0 Å². The van der Waals surface area contributed by atoms with Crippen LogP contribution in [0.4, 0.5) is 13.2 Å². The van der Waals surface area contributed by atoms with Crippen LogP contribution in [0.1, 0.15) is 29.5 Å². The number of halogens is 3. The van der Waals surface area contributed by atoms with Gasteiger partial charge in [0.25, 0.3) is 0 Å². The number of hydrogen-bond acceptors (Lipinski definition) is 4. The molecule has 27 heavy (non-hydrogen) atoms. The second-order valence-corrected chi connectivity index (χ2v) is 8.61. The number of allylic oxidation sites excluding steroid dienone is 2. The van der Waals surface area contributed by atoms with E-state index in [0.29, 0.717) is 24.0 Å². The van der Waals surface area contributed by atoms with Crippen LogP contribution in [0.25, 0.3) is 11.1 Å². The molecule has 0 bridgehead atoms. The van der Waals surface area contributed by atoms with Crippen molar-refractivity contribution in [3.63, 3.8) is 0 Å². The third-order valence-electron chi connectivity index (χ3n) is 4.63. The van der Waals surface area contributed by atoms with Gasteiger partial charge < -0.3 is 5.11 Å². The Morgan fingerprint density at radius 1 is 1.04 bits per heavy atom. The van der Waals surface area contributed by atoms with E-state index in [-0.39, 0.29) is 17.6 Å². The maximum absolute atomic E-state index is 12.8. The van der Waals surface area contributed by atoms with Crippen LogP contribution in [0.15, 0.2) is 47.6 Å². The highest BCUT2D eigenvalue weighted by molar-refractivity contribution is 7.90. The number of sulfone groups is 1. The first kappa shape index (κ1) is 19.6. The van der Waals surface area contributed by atoms with Crippen molar-refractivity contribution < 1.29 is 26.7 Å². The second-order valence-electron chi connectivity index (χ2n) is 6.65. The molecule has 0 saturated carbocycles. The molecule has 8 heteroatoms. The molecule has 1 aromatic carbocycles. The number of benzene rings is 1. The Bertz CT molecular complexity index is 963. The lowest BCUT2D eigenvalue weighted by Crippen LogP contribution is -2.04. The normalized spacial score (nSPS) is 18.2. The fraction of sp³-hybridized carbons (Fsp3) is 0.316. The molecule has 1 unspecified atom stereocenters. The average Bonchev–Trinajstić information content (AvgIpc) is 3.05. The summed E-state index contributed by atoms with van der Waals surface area (Å²) in [6.07, 6.45) is -0.795. The number of aromatic nitrogens is 1. The zero-order valence-electron chi connectivity index (χ0n) is 14.5. The Balaban J connectivity index is 2.01. The highest BCUT2D eigenvalue weighted by Gasteiger charge is 2.31. The molecule has 0 radical (unpaired) electrons. The Kier molecular flexibility index (Phi) is 5.14. The average molecular weight is 397 g/mol. The van der Waals surface area contributed by atoms with Gasteiger partial charge in [-0.2, -0.15) is 13.2 Å². The summed E-state index contributed by atoms with van der Waals surface area (Å²) in [7, 11) is -3.42. The summed E-state index contributed by atoms with van der Waals surface area (Å²) in [5.41, 5.74) is 2.34. The smallest absolute Gasteiger partial charge is 0.396 e. The first-order chi connectivity index (χ1) is 12.6. The number of alkyl halides is 3.